The van der Waals surface area contributed by atoms with E-state index in [9.17, 15) is 5.26 Å². The molecule has 2 aromatic heterocycles. The Bertz CT molecular complexity index is 1450. The lowest BCUT2D eigenvalue weighted by atomic mass is 10.0. The summed E-state index contributed by atoms with van der Waals surface area (Å²) in [6.45, 7) is 5.49. The number of nitrogens with zero attached hydrogens (tertiary/aromatic N) is 3. The van der Waals surface area contributed by atoms with Crippen LogP contribution in [0.2, 0.25) is 0 Å². The van der Waals surface area contributed by atoms with E-state index in [0.717, 1.165) is 71.6 Å². The largest absolute Gasteiger partial charge is 0.496 e. The summed E-state index contributed by atoms with van der Waals surface area (Å²) in [4.78, 5) is 10.5. The number of hydrogen-bond acceptors (Lipinski definition) is 6. The van der Waals surface area contributed by atoms with Crippen molar-refractivity contribution in [1.29, 1.82) is 5.26 Å². The molecule has 7 heteroatoms. The van der Waals surface area contributed by atoms with Crippen molar-refractivity contribution in [3.8, 4) is 22.9 Å². The number of pyridine rings is 1. The van der Waals surface area contributed by atoms with E-state index in [2.05, 4.69) is 51.3 Å². The number of fused-ring (bicyclic) bond motifs is 1. The highest BCUT2D eigenvalue weighted by Gasteiger charge is 2.18. The van der Waals surface area contributed by atoms with Crippen LogP contribution < -0.4 is 4.74 Å². The quantitative estimate of drug-likeness (QED) is 0.391. The van der Waals surface area contributed by atoms with Gasteiger partial charge >= 0.3 is 0 Å². The maximum Gasteiger partial charge on any atom is 0.138 e. The zero-order valence-electron chi connectivity index (χ0n) is 22.2. The molecule has 2 fully saturated rings. The number of ether oxygens (including phenoxy) is 3. The zero-order chi connectivity index (χ0) is 26.4. The van der Waals surface area contributed by atoms with Crippen LogP contribution in [0.4, 0.5) is 0 Å². The van der Waals surface area contributed by atoms with Gasteiger partial charge in [-0.1, -0.05) is 18.2 Å². The number of rotatable bonds is 8. The summed E-state index contributed by atoms with van der Waals surface area (Å²) in [5, 5.41) is 10.9. The van der Waals surface area contributed by atoms with Crippen LogP contribution in [0.3, 0.4) is 0 Å². The van der Waals surface area contributed by atoms with Gasteiger partial charge in [-0.2, -0.15) is 5.26 Å². The van der Waals surface area contributed by atoms with E-state index in [4.69, 9.17) is 14.2 Å². The topological polar surface area (TPSA) is 83.4 Å². The Morgan fingerprint density at radius 2 is 1.97 bits per heavy atom. The number of nitrogens with one attached hydrogen (secondary N) is 1. The van der Waals surface area contributed by atoms with Crippen molar-refractivity contribution in [2.24, 2.45) is 0 Å². The second kappa shape index (κ2) is 11.9. The normalized spacial score (nSPS) is 18.4. The van der Waals surface area contributed by atoms with Crippen molar-refractivity contribution >= 4 is 16.6 Å². The highest BCUT2D eigenvalue weighted by atomic mass is 16.5. The Hall–Kier alpha value is -3.86. The number of nitriles is 1. The lowest BCUT2D eigenvalue weighted by Gasteiger charge is -2.23. The third-order valence-corrected chi connectivity index (χ3v) is 7.67. The van der Waals surface area contributed by atoms with E-state index >= 15 is 0 Å². The van der Waals surface area contributed by atoms with Gasteiger partial charge in [0.2, 0.25) is 0 Å². The average molecular weight is 523 g/mol. The number of H-pyrrole nitrogens is 1. The first-order valence-corrected chi connectivity index (χ1v) is 14.0. The van der Waals surface area contributed by atoms with Crippen LogP contribution in [0, 0.1) is 11.3 Å². The molecule has 0 bridgehead atoms. The van der Waals surface area contributed by atoms with E-state index < -0.39 is 0 Å². The van der Waals surface area contributed by atoms with Crippen molar-refractivity contribution < 1.29 is 14.2 Å². The second-order valence-corrected chi connectivity index (χ2v) is 10.3. The molecule has 39 heavy (non-hydrogen) atoms. The standard InChI is InChI=1S/C32H34N4O3/c33-22-25-20-24(7-9-31(25)39-27-11-17-37-18-12-27)28-10-13-34-32-29(28)21-30(35-32)23-4-3-5-26(8-6-23)38-19-16-36-14-1-2-15-36/h3-4,6-10,13,20-21,27H,1-2,5,11-12,14-19H2,(H,34,35). The fraction of sp³-hybridized carbons (Fsp3) is 0.375. The highest BCUT2D eigenvalue weighted by Crippen LogP contribution is 2.34. The molecule has 2 saturated heterocycles. The predicted molar refractivity (Wildman–Crippen MR) is 152 cm³/mol. The molecule has 4 heterocycles. The lowest BCUT2D eigenvalue weighted by Crippen LogP contribution is -2.26. The van der Waals surface area contributed by atoms with Gasteiger partial charge in [0.05, 0.1) is 24.5 Å². The smallest absolute Gasteiger partial charge is 0.138 e. The van der Waals surface area contributed by atoms with E-state index in [-0.39, 0.29) is 6.10 Å². The molecule has 2 aliphatic heterocycles. The fourth-order valence-electron chi connectivity index (χ4n) is 5.50. The van der Waals surface area contributed by atoms with Crippen molar-refractivity contribution in [3.05, 3.63) is 77.8 Å². The van der Waals surface area contributed by atoms with Gasteiger partial charge < -0.3 is 19.2 Å². The maximum absolute atomic E-state index is 9.86. The highest BCUT2D eigenvalue weighted by molar-refractivity contribution is 5.96. The Labute approximate surface area is 229 Å². The molecule has 0 spiro atoms. The molecule has 0 saturated carbocycles. The monoisotopic (exact) mass is 522 g/mol. The Balaban J connectivity index is 1.21. The van der Waals surface area contributed by atoms with Gasteiger partial charge in [-0.25, -0.2) is 4.98 Å². The van der Waals surface area contributed by atoms with Crippen molar-refractivity contribution in [2.75, 3.05) is 39.5 Å². The van der Waals surface area contributed by atoms with Crippen molar-refractivity contribution in [2.45, 2.75) is 38.2 Å². The molecule has 6 rings (SSSR count). The summed E-state index contributed by atoms with van der Waals surface area (Å²) >= 11 is 0. The minimum absolute atomic E-state index is 0.0857. The minimum atomic E-state index is 0.0857. The Morgan fingerprint density at radius 3 is 2.82 bits per heavy atom. The van der Waals surface area contributed by atoms with Crippen LogP contribution in [0.25, 0.3) is 27.7 Å². The van der Waals surface area contributed by atoms with Crippen LogP contribution in [0.15, 0.2) is 66.6 Å². The van der Waals surface area contributed by atoms with Crippen LogP contribution in [0.5, 0.6) is 5.75 Å². The number of hydrogen-bond donors (Lipinski definition) is 1. The maximum atomic E-state index is 9.86. The zero-order valence-corrected chi connectivity index (χ0v) is 22.2. The van der Waals surface area contributed by atoms with Gasteiger partial charge in [0.15, 0.2) is 0 Å². The van der Waals surface area contributed by atoms with Crippen LogP contribution in [-0.2, 0) is 9.47 Å². The first-order chi connectivity index (χ1) is 19.3. The SMILES string of the molecule is N#Cc1cc(-c2ccnc3[nH]c(C4=CC=C(OCCN5CCCC5)CC=C4)cc23)ccc1OC1CCOCC1. The molecule has 0 amide bonds. The summed E-state index contributed by atoms with van der Waals surface area (Å²) in [6, 6.07) is 12.3. The van der Waals surface area contributed by atoms with Gasteiger partial charge in [0.1, 0.15) is 30.2 Å². The summed E-state index contributed by atoms with van der Waals surface area (Å²) in [5.74, 6) is 1.62. The first kappa shape index (κ1) is 25.4. The van der Waals surface area contributed by atoms with Gasteiger partial charge in [-0.3, -0.25) is 4.90 Å². The molecule has 1 N–H and O–H groups in total. The number of likely N-dealkylation sites (tertiary alicyclic amines) is 1. The van der Waals surface area contributed by atoms with Crippen molar-refractivity contribution in [3.63, 3.8) is 0 Å². The lowest BCUT2D eigenvalue weighted by molar-refractivity contribution is 0.0254. The Kier molecular flexibility index (Phi) is 7.75. The molecular weight excluding hydrogens is 488 g/mol. The summed E-state index contributed by atoms with van der Waals surface area (Å²) in [5.41, 5.74) is 5.41. The minimum Gasteiger partial charge on any atom is -0.496 e. The molecular formula is C32H34N4O3. The predicted octanol–water partition coefficient (Wildman–Crippen LogP) is 6.00. The molecule has 0 atom stereocenters. The van der Waals surface area contributed by atoms with E-state index in [1.807, 2.05) is 24.3 Å². The van der Waals surface area contributed by atoms with Gasteiger partial charge in [-0.15, -0.1) is 0 Å². The summed E-state index contributed by atoms with van der Waals surface area (Å²) < 4.78 is 17.7. The number of aromatic nitrogens is 2. The average Bonchev–Trinajstić information content (AvgIpc) is 3.59. The fourth-order valence-corrected chi connectivity index (χ4v) is 5.50. The molecule has 0 unspecified atom stereocenters. The molecule has 7 nitrogen and oxygen atoms in total. The first-order valence-electron chi connectivity index (χ1n) is 14.0. The van der Waals surface area contributed by atoms with Crippen molar-refractivity contribution in [1.82, 2.24) is 14.9 Å². The number of allylic oxidation sites excluding steroid dienone is 5. The van der Waals surface area contributed by atoms with Gasteiger partial charge in [0, 0.05) is 43.1 Å². The molecule has 0 radical (unpaired) electrons. The summed E-state index contributed by atoms with van der Waals surface area (Å²) in [7, 11) is 0. The third-order valence-electron chi connectivity index (χ3n) is 7.67. The number of benzene rings is 1. The van der Waals surface area contributed by atoms with Crippen LogP contribution >= 0.6 is 0 Å². The van der Waals surface area contributed by atoms with Gasteiger partial charge in [0.25, 0.3) is 0 Å². The summed E-state index contributed by atoms with van der Waals surface area (Å²) in [6.07, 6.45) is 15.4. The molecule has 200 valence electrons. The van der Waals surface area contributed by atoms with Crippen LogP contribution in [0.1, 0.15) is 43.4 Å². The molecule has 1 aromatic carbocycles. The van der Waals surface area contributed by atoms with Crippen LogP contribution in [-0.4, -0.2) is 60.4 Å². The van der Waals surface area contributed by atoms with Gasteiger partial charge in [-0.05, 0) is 79.0 Å². The molecule has 3 aromatic rings. The van der Waals surface area contributed by atoms with E-state index in [1.165, 1.54) is 25.9 Å². The third kappa shape index (κ3) is 5.93. The second-order valence-electron chi connectivity index (χ2n) is 10.3. The molecule has 3 aliphatic rings. The van der Waals surface area contributed by atoms with E-state index in [0.29, 0.717) is 24.5 Å². The Morgan fingerprint density at radius 1 is 1.10 bits per heavy atom. The van der Waals surface area contributed by atoms with E-state index in [1.54, 1.807) is 6.20 Å². The molecule has 1 aliphatic carbocycles. The number of aromatic amines is 1.